The van der Waals surface area contributed by atoms with Crippen molar-refractivity contribution in [1.29, 1.82) is 0 Å². The van der Waals surface area contributed by atoms with Gasteiger partial charge in [0, 0.05) is 30.2 Å². The second kappa shape index (κ2) is 7.61. The molecule has 2 aromatic carbocycles. The van der Waals surface area contributed by atoms with Crippen LogP contribution in [0.3, 0.4) is 0 Å². The SMILES string of the molecule is C=CC(=O)NC1C2CN(S(=O)(=O)c3ccc(NC(=O)c4cc5ccccc5o4)cc3)CC21. The number of nitrogens with one attached hydrogen (secondary N) is 2. The molecule has 1 aliphatic heterocycles. The zero-order chi connectivity index (χ0) is 22.5. The lowest BCUT2D eigenvalue weighted by molar-refractivity contribution is -0.116. The summed E-state index contributed by atoms with van der Waals surface area (Å²) in [7, 11) is -3.64. The van der Waals surface area contributed by atoms with Crippen molar-refractivity contribution >= 4 is 38.5 Å². The highest BCUT2D eigenvalue weighted by Gasteiger charge is 2.58. The molecule has 2 atom stereocenters. The van der Waals surface area contributed by atoms with Crippen molar-refractivity contribution < 1.29 is 22.4 Å². The van der Waals surface area contributed by atoms with E-state index in [9.17, 15) is 18.0 Å². The summed E-state index contributed by atoms with van der Waals surface area (Å²) < 4.78 is 32.9. The Morgan fingerprint density at radius 3 is 2.41 bits per heavy atom. The second-order valence-electron chi connectivity index (χ2n) is 8.02. The molecule has 3 aromatic rings. The monoisotopic (exact) mass is 451 g/mol. The molecule has 1 aliphatic carbocycles. The zero-order valence-electron chi connectivity index (χ0n) is 17.0. The van der Waals surface area contributed by atoms with Gasteiger partial charge in [0.25, 0.3) is 5.91 Å². The maximum atomic E-state index is 13.0. The molecule has 5 rings (SSSR count). The smallest absolute Gasteiger partial charge is 0.291 e. The number of furan rings is 1. The Morgan fingerprint density at radius 2 is 1.75 bits per heavy atom. The van der Waals surface area contributed by atoms with Crippen molar-refractivity contribution in [2.45, 2.75) is 10.9 Å². The van der Waals surface area contributed by atoms with Crippen LogP contribution in [0.15, 0.2) is 76.6 Å². The molecule has 0 spiro atoms. The molecule has 1 saturated heterocycles. The standard InChI is InChI=1S/C23H21N3O5S/c1-2-21(27)25-22-17-12-26(13-18(17)22)32(29,30)16-9-7-15(8-10-16)24-23(28)20-11-14-5-3-4-6-19(14)31-20/h2-11,17-18,22H,1,12-13H2,(H,24,28)(H,25,27). The summed E-state index contributed by atoms with van der Waals surface area (Å²) in [6.07, 6.45) is 1.22. The Balaban J connectivity index is 1.23. The number of para-hydroxylation sites is 1. The number of amides is 2. The van der Waals surface area contributed by atoms with E-state index in [1.54, 1.807) is 24.3 Å². The van der Waals surface area contributed by atoms with Crippen LogP contribution in [0.4, 0.5) is 5.69 Å². The Hall–Kier alpha value is -3.43. The van der Waals surface area contributed by atoms with Gasteiger partial charge < -0.3 is 15.1 Å². The molecule has 2 N–H and O–H groups in total. The quantitative estimate of drug-likeness (QED) is 0.560. The van der Waals surface area contributed by atoms with E-state index < -0.39 is 15.9 Å². The van der Waals surface area contributed by atoms with E-state index in [1.165, 1.54) is 22.5 Å². The third-order valence-corrected chi connectivity index (χ3v) is 7.90. The molecule has 1 aromatic heterocycles. The molecule has 2 unspecified atom stereocenters. The van der Waals surface area contributed by atoms with Gasteiger partial charge >= 0.3 is 0 Å². The molecular weight excluding hydrogens is 430 g/mol. The lowest BCUT2D eigenvalue weighted by atomic mass is 10.2. The lowest BCUT2D eigenvalue weighted by Gasteiger charge is -2.20. The average Bonchev–Trinajstić information content (AvgIpc) is 3.16. The molecule has 0 radical (unpaired) electrons. The molecule has 2 aliphatic rings. The predicted octanol–water partition coefficient (Wildman–Crippen LogP) is 2.61. The number of hydrogen-bond donors (Lipinski definition) is 2. The van der Waals surface area contributed by atoms with Gasteiger partial charge in [-0.15, -0.1) is 0 Å². The van der Waals surface area contributed by atoms with E-state index in [2.05, 4.69) is 17.2 Å². The summed E-state index contributed by atoms with van der Waals surface area (Å²) >= 11 is 0. The van der Waals surface area contributed by atoms with Gasteiger partial charge in [0.05, 0.1) is 4.90 Å². The molecule has 9 heteroatoms. The van der Waals surface area contributed by atoms with Crippen LogP contribution in [0.5, 0.6) is 0 Å². The summed E-state index contributed by atoms with van der Waals surface area (Å²) in [5, 5.41) is 6.39. The van der Waals surface area contributed by atoms with Crippen LogP contribution in [-0.4, -0.2) is 43.7 Å². The first-order valence-electron chi connectivity index (χ1n) is 10.2. The largest absolute Gasteiger partial charge is 0.451 e. The van der Waals surface area contributed by atoms with Crippen molar-refractivity contribution in [3.05, 3.63) is 73.0 Å². The van der Waals surface area contributed by atoms with Crippen molar-refractivity contribution in [1.82, 2.24) is 9.62 Å². The lowest BCUT2D eigenvalue weighted by Crippen LogP contribution is -2.36. The summed E-state index contributed by atoms with van der Waals surface area (Å²) in [4.78, 5) is 24.1. The molecule has 2 amide bonds. The van der Waals surface area contributed by atoms with Crippen molar-refractivity contribution in [2.75, 3.05) is 18.4 Å². The number of benzene rings is 2. The fraction of sp³-hybridized carbons (Fsp3) is 0.217. The van der Waals surface area contributed by atoms with E-state index >= 15 is 0 Å². The first-order chi connectivity index (χ1) is 15.4. The Kier molecular flexibility index (Phi) is 4.87. The second-order valence-corrected chi connectivity index (χ2v) is 9.95. The normalized spacial score (nSPS) is 22.3. The van der Waals surface area contributed by atoms with Gasteiger partial charge in [-0.1, -0.05) is 24.8 Å². The van der Waals surface area contributed by atoms with Gasteiger partial charge in [-0.3, -0.25) is 9.59 Å². The van der Waals surface area contributed by atoms with Gasteiger partial charge in [0.2, 0.25) is 15.9 Å². The summed E-state index contributed by atoms with van der Waals surface area (Å²) in [6, 6.07) is 15.1. The summed E-state index contributed by atoms with van der Waals surface area (Å²) in [6.45, 7) is 4.18. The molecule has 2 heterocycles. The Morgan fingerprint density at radius 1 is 1.06 bits per heavy atom. The molecule has 0 bridgehead atoms. The molecule has 164 valence electrons. The number of sulfonamides is 1. The minimum atomic E-state index is -3.64. The average molecular weight is 452 g/mol. The van der Waals surface area contributed by atoms with Crippen molar-refractivity contribution in [2.24, 2.45) is 11.8 Å². The maximum Gasteiger partial charge on any atom is 0.291 e. The highest BCUT2D eigenvalue weighted by molar-refractivity contribution is 7.89. The fourth-order valence-corrected chi connectivity index (χ4v) is 5.78. The third-order valence-electron chi connectivity index (χ3n) is 6.05. The number of anilines is 1. The number of carbonyl (C=O) groups excluding carboxylic acids is 2. The topological polar surface area (TPSA) is 109 Å². The number of hydrogen-bond acceptors (Lipinski definition) is 5. The number of fused-ring (bicyclic) bond motifs is 2. The first kappa shape index (κ1) is 20.5. The first-order valence-corrected chi connectivity index (χ1v) is 11.6. The zero-order valence-corrected chi connectivity index (χ0v) is 17.8. The van der Waals surface area contributed by atoms with Crippen LogP contribution in [0.2, 0.25) is 0 Å². The van der Waals surface area contributed by atoms with Crippen LogP contribution in [0.25, 0.3) is 11.0 Å². The van der Waals surface area contributed by atoms with E-state index in [4.69, 9.17) is 4.42 Å². The highest BCUT2D eigenvalue weighted by atomic mass is 32.2. The Labute approximate surface area is 184 Å². The van der Waals surface area contributed by atoms with Crippen LogP contribution in [0.1, 0.15) is 10.6 Å². The van der Waals surface area contributed by atoms with Crippen LogP contribution < -0.4 is 10.6 Å². The maximum absolute atomic E-state index is 13.0. The van der Waals surface area contributed by atoms with E-state index in [0.29, 0.717) is 24.4 Å². The number of rotatable bonds is 6. The third kappa shape index (κ3) is 3.59. The predicted molar refractivity (Wildman–Crippen MR) is 118 cm³/mol. The summed E-state index contributed by atoms with van der Waals surface area (Å²) in [5.41, 5.74) is 1.08. The molecule has 8 nitrogen and oxygen atoms in total. The highest BCUT2D eigenvalue weighted by Crippen LogP contribution is 2.47. The van der Waals surface area contributed by atoms with Gasteiger partial charge in [0.15, 0.2) is 5.76 Å². The van der Waals surface area contributed by atoms with Crippen molar-refractivity contribution in [3.63, 3.8) is 0 Å². The number of carbonyl (C=O) groups is 2. The van der Waals surface area contributed by atoms with Crippen LogP contribution in [-0.2, 0) is 14.8 Å². The van der Waals surface area contributed by atoms with Crippen LogP contribution in [0, 0.1) is 11.8 Å². The molecular formula is C23H21N3O5S. The van der Waals surface area contributed by atoms with Gasteiger partial charge in [0.1, 0.15) is 5.58 Å². The molecule has 1 saturated carbocycles. The molecule has 2 fully saturated rings. The van der Waals surface area contributed by atoms with Crippen molar-refractivity contribution in [3.8, 4) is 0 Å². The van der Waals surface area contributed by atoms with Gasteiger partial charge in [-0.25, -0.2) is 8.42 Å². The van der Waals surface area contributed by atoms with Gasteiger partial charge in [-0.2, -0.15) is 4.31 Å². The fourth-order valence-electron chi connectivity index (χ4n) is 4.27. The van der Waals surface area contributed by atoms with E-state index in [1.807, 2.05) is 18.2 Å². The minimum absolute atomic E-state index is 0.0165. The number of piperidine rings is 1. The van der Waals surface area contributed by atoms with Gasteiger partial charge in [-0.05, 0) is 54.3 Å². The number of nitrogens with zero attached hydrogens (tertiary/aromatic N) is 1. The molecule has 32 heavy (non-hydrogen) atoms. The van der Waals surface area contributed by atoms with Crippen LogP contribution >= 0.6 is 0 Å². The Bertz CT molecular complexity index is 1280. The van der Waals surface area contributed by atoms with E-state index in [0.717, 1.165) is 5.39 Å². The summed E-state index contributed by atoms with van der Waals surface area (Å²) in [5.74, 6) is -0.201. The van der Waals surface area contributed by atoms with E-state index in [-0.39, 0.29) is 34.4 Å². The minimum Gasteiger partial charge on any atom is -0.451 e.